The van der Waals surface area contributed by atoms with Crippen molar-refractivity contribution in [2.75, 3.05) is 39.8 Å². The van der Waals surface area contributed by atoms with Crippen LogP contribution in [0.4, 0.5) is 26.3 Å². The van der Waals surface area contributed by atoms with Gasteiger partial charge in [0, 0.05) is 25.7 Å². The third-order valence-electron chi connectivity index (χ3n) is 7.01. The van der Waals surface area contributed by atoms with E-state index >= 15 is 0 Å². The van der Waals surface area contributed by atoms with E-state index in [1.54, 1.807) is 0 Å². The normalized spacial score (nSPS) is 25.3. The van der Waals surface area contributed by atoms with E-state index < -0.39 is 59.6 Å². The zero-order valence-electron chi connectivity index (χ0n) is 20.8. The number of alkyl halides is 6. The molecule has 0 aromatic rings. The lowest BCUT2D eigenvalue weighted by Crippen LogP contribution is -2.63. The maximum absolute atomic E-state index is 12.8. The van der Waals surface area contributed by atoms with Gasteiger partial charge in [-0.05, 0) is 19.3 Å². The smallest absolute Gasteiger partial charge is 0.326 e. The first-order valence-corrected chi connectivity index (χ1v) is 15.2. The Kier molecular flexibility index (Phi) is 11.4. The summed E-state index contributed by atoms with van der Waals surface area (Å²) in [7, 11) is -9.75. The Morgan fingerprint density at radius 1 is 0.714 bits per heavy atom. The fourth-order valence-corrected chi connectivity index (χ4v) is 8.93. The zero-order chi connectivity index (χ0) is 27.2. The van der Waals surface area contributed by atoms with Crippen LogP contribution in [0, 0.1) is 0 Å². The van der Waals surface area contributed by atoms with E-state index in [0.717, 1.165) is 0 Å². The highest BCUT2D eigenvalue weighted by molar-refractivity contribution is 7.93. The number of sulfonamides is 1. The van der Waals surface area contributed by atoms with Gasteiger partial charge in [0.25, 0.3) is 0 Å². The molecule has 0 amide bonds. The van der Waals surface area contributed by atoms with Crippen LogP contribution in [-0.4, -0.2) is 81.4 Å². The van der Waals surface area contributed by atoms with E-state index in [-0.39, 0.29) is 12.8 Å². The lowest BCUT2D eigenvalue weighted by atomic mass is 10.1. The molecule has 210 valence electrons. The van der Waals surface area contributed by atoms with Crippen LogP contribution >= 0.6 is 0 Å². The van der Waals surface area contributed by atoms with Gasteiger partial charge < -0.3 is 4.48 Å². The molecular formula is C21H40F6N2O4S2+2. The maximum atomic E-state index is 12.8. The number of hydrogen-bond acceptors (Lipinski definition) is 4. The van der Waals surface area contributed by atoms with Crippen molar-refractivity contribution in [3.05, 3.63) is 0 Å². The Bertz CT molecular complexity index is 869. The molecule has 14 heteroatoms. The average molecular weight is 563 g/mol. The second-order valence-electron chi connectivity index (χ2n) is 9.82. The molecule has 0 spiro atoms. The average Bonchev–Trinajstić information content (AvgIpc) is 3.35. The highest BCUT2D eigenvalue weighted by Crippen LogP contribution is 2.45. The second-order valence-corrected chi connectivity index (χ2v) is 14.1. The molecule has 2 saturated heterocycles. The molecule has 0 aliphatic carbocycles. The molecule has 0 bridgehead atoms. The van der Waals surface area contributed by atoms with Gasteiger partial charge >= 0.3 is 30.9 Å². The topological polar surface area (TPSA) is 68.3 Å². The Morgan fingerprint density at radius 2 is 1.26 bits per heavy atom. The van der Waals surface area contributed by atoms with E-state index in [2.05, 4.69) is 14.0 Å². The van der Waals surface area contributed by atoms with Crippen molar-refractivity contribution in [3.8, 4) is 0 Å². The van der Waals surface area contributed by atoms with Crippen LogP contribution in [0.2, 0.25) is 0 Å². The van der Waals surface area contributed by atoms with Crippen LogP contribution in [0.5, 0.6) is 0 Å². The summed E-state index contributed by atoms with van der Waals surface area (Å²) in [5, 5.41) is -2.70. The molecule has 0 N–H and O–H groups in total. The first-order valence-electron chi connectivity index (χ1n) is 12.2. The van der Waals surface area contributed by atoms with Crippen molar-refractivity contribution < 1.29 is 51.5 Å². The molecule has 2 unspecified atom stereocenters. The van der Waals surface area contributed by atoms with Gasteiger partial charge in [0.05, 0.1) is 39.8 Å². The standard InChI is InChI=1S/C12H26N.C9H14F6NO4S2/c1-3-4-5-6-7-10-13(2)11-8-9-12-13;1-2-5-16(22(19,20)9(13,14)15)6-3-4-7(16)21(17,18)8(10,11)12/h3-12H2,1-2H3;7H,2-6H2,1H3/q2*+1. The maximum Gasteiger partial charge on any atom is 0.549 e. The Morgan fingerprint density at radius 3 is 1.71 bits per heavy atom. The number of halogens is 6. The van der Waals surface area contributed by atoms with Crippen LogP contribution < -0.4 is 0 Å². The summed E-state index contributed by atoms with van der Waals surface area (Å²) in [5.41, 5.74) is -11.7. The first-order chi connectivity index (χ1) is 15.9. The van der Waals surface area contributed by atoms with Gasteiger partial charge in [0.15, 0.2) is 0 Å². The van der Waals surface area contributed by atoms with E-state index in [1.165, 1.54) is 76.0 Å². The molecule has 2 fully saturated rings. The molecule has 0 radical (unpaired) electrons. The van der Waals surface area contributed by atoms with Crippen molar-refractivity contribution in [2.45, 2.75) is 94.4 Å². The molecule has 35 heavy (non-hydrogen) atoms. The van der Waals surface area contributed by atoms with Crippen molar-refractivity contribution in [1.82, 2.24) is 0 Å². The van der Waals surface area contributed by atoms with Crippen LogP contribution in [-0.2, 0) is 19.9 Å². The third kappa shape index (κ3) is 7.47. The summed E-state index contributed by atoms with van der Waals surface area (Å²) in [6.45, 7) is 6.18. The molecule has 2 heterocycles. The lowest BCUT2D eigenvalue weighted by molar-refractivity contribution is -0.897. The SMILES string of the molecule is CCCCCCC[N+]1(C)CCCC1.CCC[N+]1(S(=O)(=O)C(F)(F)F)CCCC1S(=O)(=O)C(F)(F)F. The van der Waals surface area contributed by atoms with Gasteiger partial charge in [-0.25, -0.2) is 8.42 Å². The molecule has 2 atom stereocenters. The number of nitrogens with zero attached hydrogens (tertiary/aromatic N) is 2. The molecule has 0 aromatic carbocycles. The predicted molar refractivity (Wildman–Crippen MR) is 122 cm³/mol. The van der Waals surface area contributed by atoms with Crippen LogP contribution in [0.3, 0.4) is 0 Å². The quantitative estimate of drug-likeness (QED) is 0.206. The lowest BCUT2D eigenvalue weighted by Gasteiger charge is -2.37. The number of unbranched alkanes of at least 4 members (excludes halogenated alkanes) is 4. The highest BCUT2D eigenvalue weighted by atomic mass is 32.2. The van der Waals surface area contributed by atoms with E-state index in [9.17, 15) is 43.2 Å². The van der Waals surface area contributed by atoms with E-state index in [1.807, 2.05) is 0 Å². The van der Waals surface area contributed by atoms with Crippen LogP contribution in [0.1, 0.15) is 78.1 Å². The second kappa shape index (κ2) is 12.3. The highest BCUT2D eigenvalue weighted by Gasteiger charge is 2.70. The molecule has 0 aromatic heterocycles. The van der Waals surface area contributed by atoms with Gasteiger partial charge in [0.1, 0.15) is 0 Å². The Labute approximate surface area is 205 Å². The van der Waals surface area contributed by atoms with Crippen LogP contribution in [0.25, 0.3) is 0 Å². The number of sulfone groups is 1. The van der Waals surface area contributed by atoms with Crippen molar-refractivity contribution >= 4 is 19.9 Å². The van der Waals surface area contributed by atoms with Gasteiger partial charge in [-0.15, -0.1) is 0 Å². The third-order valence-corrected chi connectivity index (χ3v) is 11.3. The molecule has 2 rings (SSSR count). The summed E-state index contributed by atoms with van der Waals surface area (Å²) in [6, 6.07) is 0. The van der Waals surface area contributed by atoms with Gasteiger partial charge in [0.2, 0.25) is 5.37 Å². The predicted octanol–water partition coefficient (Wildman–Crippen LogP) is 5.31. The minimum atomic E-state index is -6.13. The fourth-order valence-electron chi connectivity index (χ4n) is 5.13. The van der Waals surface area contributed by atoms with E-state index in [0.29, 0.717) is 0 Å². The van der Waals surface area contributed by atoms with E-state index in [4.69, 9.17) is 0 Å². The molecular weight excluding hydrogens is 522 g/mol. The number of rotatable bonds is 10. The Balaban J connectivity index is 0.000000400. The zero-order valence-corrected chi connectivity index (χ0v) is 22.4. The monoisotopic (exact) mass is 562 g/mol. The molecule has 2 aliphatic heterocycles. The van der Waals surface area contributed by atoms with Gasteiger partial charge in [-0.3, -0.25) is 0 Å². The Hall–Kier alpha value is -0.600. The largest absolute Gasteiger partial charge is 0.549 e. The summed E-state index contributed by atoms with van der Waals surface area (Å²) in [4.78, 5) is 0. The van der Waals surface area contributed by atoms with Gasteiger partial charge in [-0.1, -0.05) is 33.1 Å². The van der Waals surface area contributed by atoms with Crippen molar-refractivity contribution in [1.29, 1.82) is 0 Å². The first kappa shape index (κ1) is 32.4. The molecule has 6 nitrogen and oxygen atoms in total. The summed E-state index contributed by atoms with van der Waals surface area (Å²) in [5.74, 6) is 0. The summed E-state index contributed by atoms with van der Waals surface area (Å²) < 4.78 is 122. The number of likely N-dealkylation sites (tertiary alicyclic amines) is 2. The van der Waals surface area contributed by atoms with Crippen molar-refractivity contribution in [2.24, 2.45) is 0 Å². The fraction of sp³-hybridized carbons (Fsp3) is 1.00. The number of hydrogen-bond donors (Lipinski definition) is 0. The minimum Gasteiger partial charge on any atom is -0.326 e. The molecule has 0 saturated carbocycles. The summed E-state index contributed by atoms with van der Waals surface area (Å²) >= 11 is 0. The van der Waals surface area contributed by atoms with Crippen molar-refractivity contribution in [3.63, 3.8) is 0 Å². The minimum absolute atomic E-state index is 0.223. The molecule has 2 aliphatic rings. The van der Waals surface area contributed by atoms with Crippen LogP contribution in [0.15, 0.2) is 0 Å². The number of quaternary nitrogens is 2. The van der Waals surface area contributed by atoms with Gasteiger partial charge in [-0.2, -0.15) is 38.6 Å². The summed E-state index contributed by atoms with van der Waals surface area (Å²) in [6.07, 6.45) is 8.72.